The van der Waals surface area contributed by atoms with Crippen LogP contribution < -0.4 is 64.6 Å². The van der Waals surface area contributed by atoms with Crippen LogP contribution in [0.1, 0.15) is 219 Å². The van der Waals surface area contributed by atoms with Crippen LogP contribution in [-0.2, 0) is 93.0 Å². The molecule has 3 saturated heterocycles. The van der Waals surface area contributed by atoms with Gasteiger partial charge < -0.3 is 99.8 Å². The number of fused-ring (bicyclic) bond motifs is 9. The predicted molar refractivity (Wildman–Crippen MR) is 427 cm³/mol. The number of primary amides is 1. The number of amides is 14. The smallest absolute Gasteiger partial charge is 0.305 e. The lowest BCUT2D eigenvalue weighted by Crippen LogP contribution is -2.61. The van der Waals surface area contributed by atoms with Crippen LogP contribution >= 0.6 is 23.5 Å². The summed E-state index contributed by atoms with van der Waals surface area (Å²) in [4.78, 5) is 244. The van der Waals surface area contributed by atoms with Gasteiger partial charge in [0, 0.05) is 80.4 Å². The van der Waals surface area contributed by atoms with E-state index in [2.05, 4.69) is 60.1 Å². The Kier molecular flexibility index (Phi) is 40.5. The van der Waals surface area contributed by atoms with Crippen molar-refractivity contribution in [1.82, 2.24) is 67.9 Å². The maximum Gasteiger partial charge on any atom is 0.305 e. The molecule has 18 N–H and O–H groups in total. The van der Waals surface area contributed by atoms with Crippen LogP contribution in [0.5, 0.6) is 0 Å². The van der Waals surface area contributed by atoms with Gasteiger partial charge in [0.2, 0.25) is 82.7 Å². The highest BCUT2D eigenvalue weighted by molar-refractivity contribution is 7.99. The van der Waals surface area contributed by atoms with Gasteiger partial charge >= 0.3 is 17.9 Å². The molecule has 0 saturated carbocycles. The van der Waals surface area contributed by atoms with E-state index in [-0.39, 0.29) is 80.7 Å². The van der Waals surface area contributed by atoms with Crippen molar-refractivity contribution in [2.75, 3.05) is 37.7 Å². The second kappa shape index (κ2) is 49.1. The molecule has 1 aromatic carbocycles. The van der Waals surface area contributed by atoms with Crippen molar-refractivity contribution in [2.24, 2.45) is 17.4 Å². The van der Waals surface area contributed by atoms with Crippen molar-refractivity contribution in [3.8, 4) is 0 Å². The third-order valence-electron chi connectivity index (χ3n) is 21.2. The molecule has 3 fully saturated rings. The number of nitrogens with two attached hydrogens (primary N) is 2. The first-order valence-electron chi connectivity index (χ1n) is 40.7. The molecule has 0 unspecified atom stereocenters. The maximum absolute atomic E-state index is 15.5. The lowest BCUT2D eigenvalue weighted by atomic mass is 10.0. The highest BCUT2D eigenvalue weighted by Crippen LogP contribution is 2.30. The van der Waals surface area contributed by atoms with Crippen LogP contribution in [0.4, 0.5) is 0 Å². The first-order chi connectivity index (χ1) is 55.2. The van der Waals surface area contributed by atoms with Gasteiger partial charge in [-0.1, -0.05) is 135 Å². The molecule has 5 aliphatic heterocycles. The minimum absolute atomic E-state index is 0.0221. The second-order valence-electron chi connectivity index (χ2n) is 31.2. The molecule has 0 aliphatic carbocycles. The quantitative estimate of drug-likeness (QED) is 0.0446. The molecule has 646 valence electrons. The number of unbranched alkanes of at least 4 members (excludes halogenated alkanes) is 14. The van der Waals surface area contributed by atoms with Crippen LogP contribution in [0, 0.1) is 5.92 Å². The summed E-state index contributed by atoms with van der Waals surface area (Å²) >= 11 is 2.15. The molecule has 36 nitrogen and oxygen atoms in total. The Balaban J connectivity index is 1.44. The number of rotatable bonds is 31. The fourth-order valence-electron chi connectivity index (χ4n) is 14.9. The zero-order valence-electron chi connectivity index (χ0n) is 67.0. The number of aliphatic carboxylic acids is 3. The number of carboxylic acids is 3. The SMILES string of the molecule is CCCCCCCCCCCCCCCCCC(=O)N[C@H]1C[C@H]2C(=O)N[C@@H](CCC(N)=O)C(=O)N[C@H]3CSCc4ccccc4CSC[C@H](NC(=O)[C@H](CCC(=O)O)NC(=O)CNC(=O)[C@H]([C@@H](C)O)NC(=O)[C@H](CCC(=O)O)NC(=O)[C@@H]4C[C@H](N)CN4C(=O)[C@H](CC(=O)O)NC3=O)C(=O)N[C@@H](CC(C)C)C(=O)N3CCC[C@@H]3C(=O)N2C1. The van der Waals surface area contributed by atoms with E-state index in [1.807, 2.05) is 0 Å². The molecule has 2 bridgehead atoms. The summed E-state index contributed by atoms with van der Waals surface area (Å²) in [6.07, 6.45) is 9.69. The maximum atomic E-state index is 15.5. The van der Waals surface area contributed by atoms with E-state index in [0.29, 0.717) is 17.5 Å². The lowest BCUT2D eigenvalue weighted by molar-refractivity contribution is -0.148. The zero-order valence-corrected chi connectivity index (χ0v) is 68.6. The summed E-state index contributed by atoms with van der Waals surface area (Å²) in [5.41, 5.74) is 13.3. The molecule has 14 atom stereocenters. The average molecular weight is 1670 g/mol. The van der Waals surface area contributed by atoms with Crippen molar-refractivity contribution in [1.29, 1.82) is 0 Å². The third kappa shape index (κ3) is 31.7. The number of thioether (sulfide) groups is 2. The third-order valence-corrected chi connectivity index (χ3v) is 23.3. The Hall–Kier alpha value is -9.17. The fourth-order valence-corrected chi connectivity index (χ4v) is 17.1. The van der Waals surface area contributed by atoms with E-state index >= 15 is 28.8 Å². The van der Waals surface area contributed by atoms with Gasteiger partial charge in [0.05, 0.1) is 19.1 Å². The average Bonchev–Trinajstić information content (AvgIpc) is 1.55. The van der Waals surface area contributed by atoms with Crippen molar-refractivity contribution in [3.05, 3.63) is 35.4 Å². The molecule has 14 amide bonds. The number of aliphatic hydroxyl groups is 1. The minimum atomic E-state index is -2.06. The molecule has 6 rings (SSSR count). The number of carbonyl (C=O) groups is 17. The van der Waals surface area contributed by atoms with Crippen LogP contribution in [-0.4, -0.2) is 258 Å². The molecule has 0 spiro atoms. The van der Waals surface area contributed by atoms with Crippen LogP contribution in [0.2, 0.25) is 0 Å². The Morgan fingerprint density at radius 3 is 1.47 bits per heavy atom. The molecular formula is C78H121N15O21S2. The van der Waals surface area contributed by atoms with Crippen LogP contribution in [0.15, 0.2) is 24.3 Å². The van der Waals surface area contributed by atoms with Crippen molar-refractivity contribution in [2.45, 2.75) is 304 Å². The Morgan fingerprint density at radius 2 is 0.974 bits per heavy atom. The van der Waals surface area contributed by atoms with Gasteiger partial charge in [0.25, 0.3) is 0 Å². The molecule has 116 heavy (non-hydrogen) atoms. The number of carbonyl (C=O) groups excluding carboxylic acids is 14. The van der Waals surface area contributed by atoms with E-state index < -0.39 is 243 Å². The largest absolute Gasteiger partial charge is 0.481 e. The Morgan fingerprint density at radius 1 is 0.509 bits per heavy atom. The van der Waals surface area contributed by atoms with Crippen molar-refractivity contribution in [3.63, 3.8) is 0 Å². The number of carboxylic acid groups (broad SMARTS) is 3. The van der Waals surface area contributed by atoms with Gasteiger partial charge in [0.1, 0.15) is 66.5 Å². The summed E-state index contributed by atoms with van der Waals surface area (Å²) in [6.45, 7) is 5.05. The van der Waals surface area contributed by atoms with Crippen molar-refractivity contribution >= 4 is 124 Å². The van der Waals surface area contributed by atoms with E-state index in [4.69, 9.17) is 11.5 Å². The van der Waals surface area contributed by atoms with Crippen LogP contribution in [0.25, 0.3) is 0 Å². The summed E-state index contributed by atoms with van der Waals surface area (Å²) in [6, 6.07) is -13.6. The highest BCUT2D eigenvalue weighted by Gasteiger charge is 2.49. The summed E-state index contributed by atoms with van der Waals surface area (Å²) in [5, 5.41) is 66.1. The molecule has 38 heteroatoms. The van der Waals surface area contributed by atoms with E-state index in [1.54, 1.807) is 38.1 Å². The van der Waals surface area contributed by atoms with Gasteiger partial charge in [-0.3, -0.25) is 81.5 Å². The molecule has 5 heterocycles. The molecule has 0 aromatic heterocycles. The normalized spacial score (nSPS) is 26.0. The number of hydrogen-bond donors (Lipinski definition) is 16. The number of hydrogen-bond acceptors (Lipinski definition) is 21. The lowest BCUT2D eigenvalue weighted by Gasteiger charge is -2.34. The molecular weight excluding hydrogens is 1550 g/mol. The van der Waals surface area contributed by atoms with Gasteiger partial charge in [-0.05, 0) is 81.8 Å². The number of nitrogens with zero attached hydrogens (tertiary/aromatic N) is 3. The van der Waals surface area contributed by atoms with Gasteiger partial charge in [0.15, 0.2) is 0 Å². The van der Waals surface area contributed by atoms with E-state index in [1.165, 1.54) is 67.6 Å². The topological polar surface area (TPSA) is 553 Å². The van der Waals surface area contributed by atoms with Crippen molar-refractivity contribution < 1.29 is 102 Å². The first-order valence-corrected chi connectivity index (χ1v) is 43.1. The fraction of sp³-hybridized carbons (Fsp3) is 0.705. The first kappa shape index (κ1) is 95.7. The van der Waals surface area contributed by atoms with E-state index in [0.717, 1.165) is 67.5 Å². The Labute approximate surface area is 684 Å². The molecule has 5 aliphatic rings. The van der Waals surface area contributed by atoms with Gasteiger partial charge in [-0.25, -0.2) is 0 Å². The minimum Gasteiger partial charge on any atom is -0.481 e. The second-order valence-corrected chi connectivity index (χ2v) is 33.3. The van der Waals surface area contributed by atoms with Crippen LogP contribution in [0.3, 0.4) is 0 Å². The standard InChI is InChI=1S/C78H121N15O21S2/c1-5-6-7-8-9-10-11-12-13-14-15-16-17-18-19-26-62(96)82-50-36-60-74(110)84-52(27-30-61(80)95)69(105)89-57-44-116-42-48-24-21-20-23-47(48)41-115-43-56(71(107)86-54(34-45(2)3)76(112)91-33-22-25-58(91)78(114)93(60)40-50)88-68(104)51(28-31-64(98)99)83-63(97)38-81-75(111)67(46(4)94)90-70(106)53(29-32-65(100)101)85-73(109)59-35-49(79)39-92(59)77(113)55(37-66(102)103)87-72(57)108/h20-21,23-24,45-46,49-60,67,94H,5-19,22,25-44,79H2,1-4H3,(H2,80,95)(H,81,111)(H,82,96)(H,83,97)(H,84,110)(H,85,109)(H,86,107)(H,87,108)(H,88,104)(H,89,105)(H,90,106)(H,98,99)(H,100,101)(H,102,103)/t46-,49+,50+,51+,52+,53+,54+,55+,56+,57+,58-,59+,60+,67+/m1/s1. The number of aliphatic hydroxyl groups excluding tert-OH is 1. The highest BCUT2D eigenvalue weighted by atomic mass is 32.2. The Bertz CT molecular complexity index is 3590. The summed E-state index contributed by atoms with van der Waals surface area (Å²) in [5.74, 6) is -19.5. The summed E-state index contributed by atoms with van der Waals surface area (Å²) < 4.78 is 0. The van der Waals surface area contributed by atoms with Gasteiger partial charge in [-0.15, -0.1) is 0 Å². The molecule has 0 radical (unpaired) electrons. The summed E-state index contributed by atoms with van der Waals surface area (Å²) in [7, 11) is 0. The van der Waals surface area contributed by atoms with E-state index in [9.17, 15) is 73.2 Å². The number of benzene rings is 1. The predicted octanol–water partition coefficient (Wildman–Crippen LogP) is 0.338. The zero-order chi connectivity index (χ0) is 85.1. The van der Waals surface area contributed by atoms with Gasteiger partial charge in [-0.2, -0.15) is 23.5 Å². The molecule has 1 aromatic rings. The number of nitrogens with one attached hydrogen (secondary N) is 10. The monoisotopic (exact) mass is 1670 g/mol.